The molecule has 0 saturated heterocycles. The fourth-order valence-corrected chi connectivity index (χ4v) is 6.19. The van der Waals surface area contributed by atoms with E-state index < -0.39 is 0 Å². The number of aliphatic hydroxyl groups excluding tert-OH is 2. The Kier molecular flexibility index (Phi) is 8.15. The summed E-state index contributed by atoms with van der Waals surface area (Å²) in [7, 11) is 0. The molecule has 0 amide bonds. The number of carbonyl (C=O) groups excluding carboxylic acids is 1. The molecule has 0 bridgehead atoms. The van der Waals surface area contributed by atoms with Crippen LogP contribution in [-0.2, 0) is 12.8 Å². The van der Waals surface area contributed by atoms with Gasteiger partial charge in [-0.15, -0.1) is 0 Å². The highest BCUT2D eigenvalue weighted by molar-refractivity contribution is 6.11. The van der Waals surface area contributed by atoms with Gasteiger partial charge in [0.15, 0.2) is 5.78 Å². The molecule has 2 aliphatic carbocycles. The molecule has 172 valence electrons. The second-order valence-electron chi connectivity index (χ2n) is 9.70. The summed E-state index contributed by atoms with van der Waals surface area (Å²) >= 11 is 0. The van der Waals surface area contributed by atoms with Crippen LogP contribution in [0.25, 0.3) is 0 Å². The maximum absolute atomic E-state index is 14.2. The lowest BCUT2D eigenvalue weighted by Gasteiger charge is -2.29. The van der Waals surface area contributed by atoms with Crippen molar-refractivity contribution in [3.05, 3.63) is 69.8 Å². The van der Waals surface area contributed by atoms with E-state index in [1.165, 1.54) is 49.7 Å². The number of hydrogen-bond donors (Lipinski definition) is 2. The predicted octanol–water partition coefficient (Wildman–Crippen LogP) is 6.08. The molecule has 2 aromatic rings. The van der Waals surface area contributed by atoms with E-state index in [-0.39, 0.29) is 19.0 Å². The maximum atomic E-state index is 14.2. The largest absolute Gasteiger partial charge is 0.396 e. The summed E-state index contributed by atoms with van der Waals surface area (Å²) < 4.78 is 0. The Morgan fingerprint density at radius 3 is 1.44 bits per heavy atom. The highest BCUT2D eigenvalue weighted by atomic mass is 16.3. The van der Waals surface area contributed by atoms with Crippen molar-refractivity contribution >= 4 is 5.78 Å². The van der Waals surface area contributed by atoms with Gasteiger partial charge in [0.1, 0.15) is 0 Å². The van der Waals surface area contributed by atoms with Crippen LogP contribution in [-0.4, -0.2) is 29.2 Å². The fourth-order valence-electron chi connectivity index (χ4n) is 6.19. The van der Waals surface area contributed by atoms with E-state index in [2.05, 4.69) is 12.1 Å². The molecule has 3 heteroatoms. The van der Waals surface area contributed by atoms with Gasteiger partial charge in [0.25, 0.3) is 0 Å². The van der Waals surface area contributed by atoms with Gasteiger partial charge in [0.05, 0.1) is 0 Å². The second kappa shape index (κ2) is 11.2. The smallest absolute Gasteiger partial charge is 0.193 e. The van der Waals surface area contributed by atoms with Crippen molar-refractivity contribution in [2.75, 3.05) is 13.2 Å². The number of aliphatic hydroxyl groups is 2. The molecule has 2 N–H and O–H groups in total. The normalized spacial score (nSPS) is 18.1. The van der Waals surface area contributed by atoms with E-state index in [0.717, 1.165) is 47.9 Å². The summed E-state index contributed by atoms with van der Waals surface area (Å²) in [6.07, 6.45) is 13.1. The molecule has 0 atom stereocenters. The minimum atomic E-state index is 0.108. The molecule has 0 aliphatic heterocycles. The average Bonchev–Trinajstić information content (AvgIpc) is 2.85. The first-order chi connectivity index (χ1) is 15.7. The van der Waals surface area contributed by atoms with Gasteiger partial charge in [-0.2, -0.15) is 0 Å². The van der Waals surface area contributed by atoms with Crippen molar-refractivity contribution in [1.29, 1.82) is 0 Å². The number of carbonyl (C=O) groups is 1. The van der Waals surface area contributed by atoms with Crippen molar-refractivity contribution < 1.29 is 15.0 Å². The molecule has 2 aliphatic rings. The molecular formula is C29H38O3. The zero-order valence-corrected chi connectivity index (χ0v) is 19.3. The lowest BCUT2D eigenvalue weighted by Crippen LogP contribution is -2.18. The summed E-state index contributed by atoms with van der Waals surface area (Å²) in [5, 5.41) is 19.4. The molecule has 32 heavy (non-hydrogen) atoms. The van der Waals surface area contributed by atoms with Gasteiger partial charge in [0.2, 0.25) is 0 Å². The van der Waals surface area contributed by atoms with Crippen LogP contribution in [0.15, 0.2) is 36.4 Å². The summed E-state index contributed by atoms with van der Waals surface area (Å²) in [4.78, 5) is 14.2. The molecular weight excluding hydrogens is 396 g/mol. The van der Waals surface area contributed by atoms with E-state index in [1.807, 2.05) is 24.3 Å². The standard InChI is InChI=1S/C29H38O3/c30-19-17-23-13-7-15-25(27(23)21-9-3-1-4-10-21)29(32)26-16-8-14-24(18-20-31)28(26)22-11-5-2-6-12-22/h7-8,13-16,21-22,30-31H,1-6,9-12,17-20H2. The Labute approximate surface area is 192 Å². The van der Waals surface area contributed by atoms with Crippen molar-refractivity contribution in [3.63, 3.8) is 0 Å². The SMILES string of the molecule is O=C(c1cccc(CCO)c1C1CCCCC1)c1cccc(CCO)c1C1CCCCC1. The minimum Gasteiger partial charge on any atom is -0.396 e. The summed E-state index contributed by atoms with van der Waals surface area (Å²) in [5.41, 5.74) is 6.32. The van der Waals surface area contributed by atoms with Gasteiger partial charge >= 0.3 is 0 Å². The van der Waals surface area contributed by atoms with Gasteiger partial charge in [0, 0.05) is 24.3 Å². The van der Waals surface area contributed by atoms with Crippen molar-refractivity contribution in [2.45, 2.75) is 88.9 Å². The van der Waals surface area contributed by atoms with E-state index in [4.69, 9.17) is 0 Å². The monoisotopic (exact) mass is 434 g/mol. The topological polar surface area (TPSA) is 57.5 Å². The molecule has 0 aromatic heterocycles. The number of ketones is 1. The molecule has 4 rings (SSSR count). The lowest BCUT2D eigenvalue weighted by molar-refractivity contribution is 0.103. The maximum Gasteiger partial charge on any atom is 0.193 e. The Bertz CT molecular complexity index is 831. The van der Waals surface area contributed by atoms with Gasteiger partial charge in [-0.1, -0.05) is 74.9 Å². The Morgan fingerprint density at radius 2 is 1.06 bits per heavy atom. The van der Waals surface area contributed by atoms with E-state index in [9.17, 15) is 15.0 Å². The molecule has 0 spiro atoms. The minimum absolute atomic E-state index is 0.108. The van der Waals surface area contributed by atoms with Gasteiger partial charge in [-0.3, -0.25) is 4.79 Å². The Balaban J connectivity index is 1.81. The van der Waals surface area contributed by atoms with Crippen molar-refractivity contribution in [1.82, 2.24) is 0 Å². The Morgan fingerprint density at radius 1 is 0.656 bits per heavy atom. The fraction of sp³-hybridized carbons (Fsp3) is 0.552. The number of rotatable bonds is 8. The molecule has 3 nitrogen and oxygen atoms in total. The lowest BCUT2D eigenvalue weighted by atomic mass is 9.75. The van der Waals surface area contributed by atoms with Crippen LogP contribution < -0.4 is 0 Å². The highest BCUT2D eigenvalue weighted by Gasteiger charge is 2.28. The molecule has 0 heterocycles. The van der Waals surface area contributed by atoms with Crippen LogP contribution in [0.1, 0.15) is 114 Å². The van der Waals surface area contributed by atoms with Crippen molar-refractivity contribution in [2.24, 2.45) is 0 Å². The van der Waals surface area contributed by atoms with Crippen LogP contribution in [0.2, 0.25) is 0 Å². The zero-order valence-electron chi connectivity index (χ0n) is 19.3. The number of benzene rings is 2. The summed E-state index contributed by atoms with van der Waals surface area (Å²) in [5.74, 6) is 0.944. The molecule has 2 aromatic carbocycles. The average molecular weight is 435 g/mol. The van der Waals surface area contributed by atoms with Crippen LogP contribution in [0.3, 0.4) is 0 Å². The molecule has 2 saturated carbocycles. The molecule has 0 radical (unpaired) electrons. The first kappa shape index (κ1) is 23.2. The van der Waals surface area contributed by atoms with Crippen molar-refractivity contribution in [3.8, 4) is 0 Å². The van der Waals surface area contributed by atoms with Crippen LogP contribution in [0.5, 0.6) is 0 Å². The third-order valence-electron chi connectivity index (χ3n) is 7.67. The van der Waals surface area contributed by atoms with Crippen LogP contribution >= 0.6 is 0 Å². The summed E-state index contributed by atoms with van der Waals surface area (Å²) in [6.45, 7) is 0.216. The predicted molar refractivity (Wildman–Crippen MR) is 130 cm³/mol. The van der Waals surface area contributed by atoms with E-state index in [0.29, 0.717) is 24.7 Å². The third-order valence-corrected chi connectivity index (χ3v) is 7.67. The van der Waals surface area contributed by atoms with E-state index in [1.54, 1.807) is 0 Å². The molecule has 2 fully saturated rings. The summed E-state index contributed by atoms with van der Waals surface area (Å²) in [6, 6.07) is 12.2. The van der Waals surface area contributed by atoms with Gasteiger partial charge in [-0.05, 0) is 72.6 Å². The second-order valence-corrected chi connectivity index (χ2v) is 9.70. The first-order valence-corrected chi connectivity index (χ1v) is 12.7. The van der Waals surface area contributed by atoms with Gasteiger partial charge in [-0.25, -0.2) is 0 Å². The quantitative estimate of drug-likeness (QED) is 0.495. The zero-order chi connectivity index (χ0) is 22.3. The third kappa shape index (κ3) is 5.00. The van der Waals surface area contributed by atoms with Crippen LogP contribution in [0.4, 0.5) is 0 Å². The molecule has 0 unspecified atom stereocenters. The highest BCUT2D eigenvalue weighted by Crippen LogP contribution is 2.40. The number of hydrogen-bond acceptors (Lipinski definition) is 3. The van der Waals surface area contributed by atoms with Gasteiger partial charge < -0.3 is 10.2 Å². The first-order valence-electron chi connectivity index (χ1n) is 12.7. The van der Waals surface area contributed by atoms with Crippen LogP contribution in [0, 0.1) is 0 Å². The van der Waals surface area contributed by atoms with E-state index >= 15 is 0 Å². The Hall–Kier alpha value is -1.97.